The molecule has 160 valence electrons. The van der Waals surface area contributed by atoms with Crippen molar-refractivity contribution in [3.05, 3.63) is 65.7 Å². The van der Waals surface area contributed by atoms with Gasteiger partial charge in [-0.05, 0) is 42.0 Å². The lowest BCUT2D eigenvalue weighted by Crippen LogP contribution is -2.35. The van der Waals surface area contributed by atoms with E-state index in [2.05, 4.69) is 0 Å². The van der Waals surface area contributed by atoms with Crippen LogP contribution in [0.3, 0.4) is 0 Å². The normalized spacial score (nSPS) is 23.6. The van der Waals surface area contributed by atoms with Gasteiger partial charge in [0.05, 0.1) is 18.8 Å². The standard InChI is InChI=1S/C23H28N2O4S/c1-29-21-9-7-19(8-10-21)16-25-17-20-11-13-24(14-12-22(20)30(25,27)28)23(26)15-18-5-3-2-4-6-18/h2-10,20,22H,11-17H2,1H3/t20-,22-/m0/s1. The Balaban J connectivity index is 1.39. The summed E-state index contributed by atoms with van der Waals surface area (Å²) < 4.78 is 33.1. The maximum atomic E-state index is 13.2. The van der Waals surface area contributed by atoms with Crippen LogP contribution in [-0.2, 0) is 27.8 Å². The van der Waals surface area contributed by atoms with Crippen molar-refractivity contribution in [2.75, 3.05) is 26.7 Å². The van der Waals surface area contributed by atoms with Crippen molar-refractivity contribution in [3.8, 4) is 5.75 Å². The van der Waals surface area contributed by atoms with Gasteiger partial charge in [-0.1, -0.05) is 42.5 Å². The lowest BCUT2D eigenvalue weighted by Gasteiger charge is -2.22. The molecule has 2 saturated heterocycles. The van der Waals surface area contributed by atoms with Crippen molar-refractivity contribution >= 4 is 15.9 Å². The highest BCUT2D eigenvalue weighted by Gasteiger charge is 2.47. The Morgan fingerprint density at radius 3 is 2.40 bits per heavy atom. The Hall–Kier alpha value is -2.38. The van der Waals surface area contributed by atoms with Crippen LogP contribution in [0.4, 0.5) is 0 Å². The number of sulfonamides is 1. The smallest absolute Gasteiger partial charge is 0.226 e. The predicted octanol–water partition coefficient (Wildman–Crippen LogP) is 2.69. The molecule has 6 nitrogen and oxygen atoms in total. The van der Waals surface area contributed by atoms with E-state index in [0.717, 1.165) is 23.3 Å². The lowest BCUT2D eigenvalue weighted by molar-refractivity contribution is -0.130. The van der Waals surface area contributed by atoms with Crippen LogP contribution in [0, 0.1) is 5.92 Å². The van der Waals surface area contributed by atoms with Crippen molar-refractivity contribution in [1.82, 2.24) is 9.21 Å². The average molecular weight is 429 g/mol. The first-order chi connectivity index (χ1) is 14.5. The van der Waals surface area contributed by atoms with E-state index in [0.29, 0.717) is 39.0 Å². The third-order valence-corrected chi connectivity index (χ3v) is 8.61. The van der Waals surface area contributed by atoms with E-state index in [-0.39, 0.29) is 11.8 Å². The first-order valence-electron chi connectivity index (χ1n) is 10.4. The summed E-state index contributed by atoms with van der Waals surface area (Å²) in [6, 6.07) is 17.2. The number of carbonyl (C=O) groups is 1. The van der Waals surface area contributed by atoms with Gasteiger partial charge in [0.2, 0.25) is 15.9 Å². The molecule has 2 aromatic rings. The van der Waals surface area contributed by atoms with Crippen molar-refractivity contribution < 1.29 is 17.9 Å². The minimum absolute atomic E-state index is 0.0720. The molecule has 0 radical (unpaired) electrons. The van der Waals surface area contributed by atoms with Gasteiger partial charge in [0.25, 0.3) is 0 Å². The van der Waals surface area contributed by atoms with Crippen LogP contribution in [0.15, 0.2) is 54.6 Å². The number of carbonyl (C=O) groups excluding carboxylic acids is 1. The highest BCUT2D eigenvalue weighted by Crippen LogP contribution is 2.35. The number of methoxy groups -OCH3 is 1. The van der Waals surface area contributed by atoms with Gasteiger partial charge in [-0.15, -0.1) is 0 Å². The fourth-order valence-electron chi connectivity index (χ4n) is 4.52. The molecular weight excluding hydrogens is 400 g/mol. The number of fused-ring (bicyclic) bond motifs is 1. The molecule has 0 aromatic heterocycles. The van der Waals surface area contributed by atoms with Crippen LogP contribution in [0.1, 0.15) is 24.0 Å². The van der Waals surface area contributed by atoms with Gasteiger partial charge < -0.3 is 9.64 Å². The van der Waals surface area contributed by atoms with Crippen LogP contribution in [0.2, 0.25) is 0 Å². The molecule has 4 rings (SSSR count). The van der Waals surface area contributed by atoms with E-state index in [1.165, 1.54) is 0 Å². The van der Waals surface area contributed by atoms with Crippen LogP contribution in [-0.4, -0.2) is 55.5 Å². The number of ether oxygens (including phenoxy) is 1. The average Bonchev–Trinajstić information content (AvgIpc) is 2.89. The van der Waals surface area contributed by atoms with Crippen LogP contribution in [0.5, 0.6) is 5.75 Å². The quantitative estimate of drug-likeness (QED) is 0.734. The summed E-state index contributed by atoms with van der Waals surface area (Å²) in [6.07, 6.45) is 1.60. The summed E-state index contributed by atoms with van der Waals surface area (Å²) in [5, 5.41) is -0.398. The third-order valence-electron chi connectivity index (χ3n) is 6.23. The summed E-state index contributed by atoms with van der Waals surface area (Å²) in [5.41, 5.74) is 1.95. The van der Waals surface area contributed by atoms with Gasteiger partial charge >= 0.3 is 0 Å². The molecule has 2 aliphatic rings. The third kappa shape index (κ3) is 4.37. The molecule has 0 spiro atoms. The second-order valence-electron chi connectivity index (χ2n) is 8.10. The Kier molecular flexibility index (Phi) is 6.11. The maximum Gasteiger partial charge on any atom is 0.226 e. The maximum absolute atomic E-state index is 13.2. The zero-order chi connectivity index (χ0) is 21.1. The molecule has 0 bridgehead atoms. The van der Waals surface area contributed by atoms with E-state index in [1.807, 2.05) is 59.5 Å². The van der Waals surface area contributed by atoms with E-state index in [9.17, 15) is 13.2 Å². The number of nitrogens with zero attached hydrogens (tertiary/aromatic N) is 2. The number of amides is 1. The zero-order valence-electron chi connectivity index (χ0n) is 17.2. The summed E-state index contributed by atoms with van der Waals surface area (Å²) in [6.45, 7) is 2.04. The first-order valence-corrected chi connectivity index (χ1v) is 11.9. The Morgan fingerprint density at radius 1 is 1.00 bits per heavy atom. The summed E-state index contributed by atoms with van der Waals surface area (Å²) in [7, 11) is -1.76. The summed E-state index contributed by atoms with van der Waals surface area (Å²) in [4.78, 5) is 14.6. The number of rotatable bonds is 5. The van der Waals surface area contributed by atoms with E-state index in [4.69, 9.17) is 4.74 Å². The number of likely N-dealkylation sites (tertiary alicyclic amines) is 1. The van der Waals surface area contributed by atoms with Crippen molar-refractivity contribution in [1.29, 1.82) is 0 Å². The molecule has 2 aliphatic heterocycles. The molecule has 0 N–H and O–H groups in total. The fraction of sp³-hybridized carbons (Fsp3) is 0.435. The monoisotopic (exact) mass is 428 g/mol. The molecule has 1 amide bonds. The van der Waals surface area contributed by atoms with Gasteiger partial charge in [-0.25, -0.2) is 8.42 Å². The minimum atomic E-state index is -3.37. The topological polar surface area (TPSA) is 66.9 Å². The molecule has 2 heterocycles. The summed E-state index contributed by atoms with van der Waals surface area (Å²) in [5.74, 6) is 0.907. The van der Waals surface area contributed by atoms with Gasteiger partial charge in [-0.3, -0.25) is 4.79 Å². The minimum Gasteiger partial charge on any atom is -0.497 e. The Bertz CT molecular complexity index is 976. The molecular formula is C23H28N2O4S. The Labute approximate surface area is 178 Å². The van der Waals surface area contributed by atoms with Crippen LogP contribution in [0.25, 0.3) is 0 Å². The first kappa shape index (κ1) is 20.9. The van der Waals surface area contributed by atoms with Gasteiger partial charge in [0, 0.05) is 26.2 Å². The molecule has 2 atom stereocenters. The van der Waals surface area contributed by atoms with Gasteiger partial charge in [-0.2, -0.15) is 4.31 Å². The molecule has 0 unspecified atom stereocenters. The molecule has 2 aromatic carbocycles. The second-order valence-corrected chi connectivity index (χ2v) is 10.3. The number of hydrogen-bond donors (Lipinski definition) is 0. The van der Waals surface area contributed by atoms with Gasteiger partial charge in [0.1, 0.15) is 5.75 Å². The second kappa shape index (κ2) is 8.78. The molecule has 30 heavy (non-hydrogen) atoms. The van der Waals surface area contributed by atoms with E-state index < -0.39 is 15.3 Å². The SMILES string of the molecule is COc1ccc(CN2C[C@@H]3CCN(C(=O)Cc4ccccc4)CC[C@@H]3S2(=O)=O)cc1. The largest absolute Gasteiger partial charge is 0.497 e. The van der Waals surface area contributed by atoms with E-state index in [1.54, 1.807) is 11.4 Å². The number of hydrogen-bond acceptors (Lipinski definition) is 4. The lowest BCUT2D eigenvalue weighted by atomic mass is 10.0. The fourth-order valence-corrected chi connectivity index (χ4v) is 6.74. The zero-order valence-corrected chi connectivity index (χ0v) is 18.1. The van der Waals surface area contributed by atoms with Crippen molar-refractivity contribution in [2.45, 2.75) is 31.1 Å². The van der Waals surface area contributed by atoms with E-state index >= 15 is 0 Å². The highest BCUT2D eigenvalue weighted by atomic mass is 32.2. The van der Waals surface area contributed by atoms with Crippen molar-refractivity contribution in [2.24, 2.45) is 5.92 Å². The molecule has 0 aliphatic carbocycles. The molecule has 2 fully saturated rings. The molecule has 0 saturated carbocycles. The van der Waals surface area contributed by atoms with Crippen molar-refractivity contribution in [3.63, 3.8) is 0 Å². The van der Waals surface area contributed by atoms with Gasteiger partial charge in [0.15, 0.2) is 0 Å². The molecule has 7 heteroatoms. The predicted molar refractivity (Wildman–Crippen MR) is 116 cm³/mol. The summed E-state index contributed by atoms with van der Waals surface area (Å²) >= 11 is 0. The van der Waals surface area contributed by atoms with Crippen LogP contribution >= 0.6 is 0 Å². The Morgan fingerprint density at radius 2 is 1.70 bits per heavy atom. The highest BCUT2D eigenvalue weighted by molar-refractivity contribution is 7.90. The van der Waals surface area contributed by atoms with Crippen LogP contribution < -0.4 is 4.74 Å². The number of benzene rings is 2.